The number of anilines is 1. The molecule has 12 nitrogen and oxygen atoms in total. The number of esters is 1. The maximum absolute atomic E-state index is 13.5. The van der Waals surface area contributed by atoms with Gasteiger partial charge in [0.15, 0.2) is 6.23 Å². The number of para-hydroxylation sites is 1. The highest BCUT2D eigenvalue weighted by molar-refractivity contribution is 7.52. The monoisotopic (exact) mass is 482 g/mol. The van der Waals surface area contributed by atoms with Crippen LogP contribution in [0.1, 0.15) is 26.5 Å². The van der Waals surface area contributed by atoms with Gasteiger partial charge in [-0.15, -0.1) is 0 Å². The molecule has 1 saturated heterocycles. The predicted molar refractivity (Wildman–Crippen MR) is 117 cm³/mol. The number of nitrogen functional groups attached to an aromatic ring is 1. The van der Waals surface area contributed by atoms with Crippen LogP contribution in [-0.2, 0) is 23.4 Å². The molecular weight excluding hydrogens is 455 g/mol. The molecule has 2 heterocycles. The summed E-state index contributed by atoms with van der Waals surface area (Å²) >= 11 is 0. The number of nitrogens with two attached hydrogens (primary N) is 1. The van der Waals surface area contributed by atoms with Gasteiger partial charge in [-0.2, -0.15) is 10.1 Å². The van der Waals surface area contributed by atoms with Crippen molar-refractivity contribution in [1.29, 1.82) is 0 Å². The van der Waals surface area contributed by atoms with Gasteiger partial charge in [-0.3, -0.25) is 13.9 Å². The molecule has 180 valence electrons. The molecule has 13 heteroatoms. The molecule has 0 aliphatic carbocycles. The summed E-state index contributed by atoms with van der Waals surface area (Å²) < 4.78 is 36.5. The van der Waals surface area contributed by atoms with Crippen LogP contribution >= 0.6 is 7.75 Å². The Labute approximate surface area is 190 Å². The lowest BCUT2D eigenvalue weighted by Crippen LogP contribution is -2.37. The third-order valence-electron chi connectivity index (χ3n) is 4.95. The molecule has 2 aromatic rings. The zero-order chi connectivity index (χ0) is 24.2. The quantitative estimate of drug-likeness (QED) is 0.348. The van der Waals surface area contributed by atoms with Gasteiger partial charge in [0.25, 0.3) is 0 Å². The molecule has 0 radical (unpaired) electrons. The van der Waals surface area contributed by atoms with Crippen LogP contribution in [0, 0.1) is 0 Å². The average molecular weight is 482 g/mol. The van der Waals surface area contributed by atoms with Gasteiger partial charge in [-0.1, -0.05) is 18.2 Å². The van der Waals surface area contributed by atoms with E-state index in [1.165, 1.54) is 26.3 Å². The van der Waals surface area contributed by atoms with Gasteiger partial charge in [0.2, 0.25) is 0 Å². The van der Waals surface area contributed by atoms with Crippen molar-refractivity contribution in [2.45, 2.75) is 50.8 Å². The summed E-state index contributed by atoms with van der Waals surface area (Å²) in [6, 6.07) is 8.70. The van der Waals surface area contributed by atoms with Crippen molar-refractivity contribution >= 4 is 19.5 Å². The normalized spacial score (nSPS) is 23.9. The Morgan fingerprint density at radius 2 is 2.03 bits per heavy atom. The molecule has 0 spiro atoms. The highest BCUT2D eigenvalue weighted by Gasteiger charge is 2.42. The van der Waals surface area contributed by atoms with Crippen LogP contribution < -0.4 is 21.0 Å². The van der Waals surface area contributed by atoms with Crippen molar-refractivity contribution in [3.63, 3.8) is 0 Å². The maximum Gasteiger partial charge on any atom is 0.459 e. The molecule has 0 bridgehead atoms. The van der Waals surface area contributed by atoms with Crippen LogP contribution in [-0.4, -0.2) is 52.1 Å². The number of ether oxygens (including phenoxy) is 2. The molecule has 1 aliphatic heterocycles. The summed E-state index contributed by atoms with van der Waals surface area (Å²) in [7, 11) is -2.91. The fourth-order valence-electron chi connectivity index (χ4n) is 3.30. The fraction of sp³-hybridized carbons (Fsp3) is 0.450. The van der Waals surface area contributed by atoms with Gasteiger partial charge < -0.3 is 24.8 Å². The molecule has 1 aliphatic rings. The van der Waals surface area contributed by atoms with Crippen LogP contribution in [0.5, 0.6) is 5.75 Å². The van der Waals surface area contributed by atoms with Gasteiger partial charge >= 0.3 is 19.4 Å². The predicted octanol–water partition coefficient (Wildman–Crippen LogP) is 1.22. The summed E-state index contributed by atoms with van der Waals surface area (Å²) in [5, 5.41) is 13.0. The SMILES string of the molecule is COC(=O)C(C)NP(=O)(Oc1ccccc1)OC(C)C1CC(O)C(n2ccc(N)nc2=O)O1. The highest BCUT2D eigenvalue weighted by atomic mass is 31.2. The van der Waals surface area contributed by atoms with Crippen molar-refractivity contribution in [3.8, 4) is 5.75 Å². The van der Waals surface area contributed by atoms with E-state index >= 15 is 0 Å². The molecule has 0 amide bonds. The number of hydrogen-bond acceptors (Lipinski definition) is 10. The first-order chi connectivity index (χ1) is 15.6. The molecule has 1 aromatic heterocycles. The largest absolute Gasteiger partial charge is 0.468 e. The zero-order valence-electron chi connectivity index (χ0n) is 18.4. The van der Waals surface area contributed by atoms with Crippen molar-refractivity contribution < 1.29 is 33.0 Å². The summed E-state index contributed by atoms with van der Waals surface area (Å²) in [4.78, 5) is 27.6. The van der Waals surface area contributed by atoms with Crippen molar-refractivity contribution in [2.24, 2.45) is 0 Å². The Morgan fingerprint density at radius 3 is 2.67 bits per heavy atom. The summed E-state index contributed by atoms with van der Waals surface area (Å²) in [5.41, 5.74) is 4.83. The topological polar surface area (TPSA) is 164 Å². The summed E-state index contributed by atoms with van der Waals surface area (Å²) in [6.45, 7) is 3.03. The zero-order valence-corrected chi connectivity index (χ0v) is 19.3. The molecule has 4 N–H and O–H groups in total. The lowest BCUT2D eigenvalue weighted by molar-refractivity contribution is -0.142. The van der Waals surface area contributed by atoms with Gasteiger partial charge in [0.1, 0.15) is 23.7 Å². The first-order valence-electron chi connectivity index (χ1n) is 10.2. The van der Waals surface area contributed by atoms with E-state index in [2.05, 4.69) is 14.8 Å². The molecule has 3 rings (SSSR count). The van der Waals surface area contributed by atoms with Gasteiger partial charge in [-0.05, 0) is 32.0 Å². The second-order valence-corrected chi connectivity index (χ2v) is 9.14. The number of carbonyl (C=O) groups is 1. The Bertz CT molecular complexity index is 1070. The first kappa shape index (κ1) is 24.9. The van der Waals surface area contributed by atoms with Crippen LogP contribution in [0.2, 0.25) is 0 Å². The first-order valence-corrected chi connectivity index (χ1v) is 11.7. The number of methoxy groups -OCH3 is 1. The highest BCUT2D eigenvalue weighted by Crippen LogP contribution is 2.47. The van der Waals surface area contributed by atoms with Crippen LogP contribution in [0.4, 0.5) is 5.82 Å². The molecule has 1 fully saturated rings. The Hall–Kier alpha value is -2.76. The number of rotatable bonds is 9. The van der Waals surface area contributed by atoms with E-state index in [9.17, 15) is 19.3 Å². The standard InChI is InChI=1S/C20H27N4O8P/c1-12(19(26)29-3)23-33(28,32-14-7-5-4-6-8-14)31-13(2)16-11-15(25)18(30-16)24-10-9-17(21)22-20(24)27/h4-10,12-13,15-16,18,25H,11H2,1-3H3,(H,23,28)(H2,21,22,27). The molecule has 6 atom stereocenters. The number of hydrogen-bond donors (Lipinski definition) is 3. The lowest BCUT2D eigenvalue weighted by atomic mass is 10.1. The molecule has 6 unspecified atom stereocenters. The third kappa shape index (κ3) is 6.18. The Morgan fingerprint density at radius 1 is 1.33 bits per heavy atom. The minimum absolute atomic E-state index is 0.0433. The van der Waals surface area contributed by atoms with E-state index in [1.54, 1.807) is 37.3 Å². The van der Waals surface area contributed by atoms with E-state index in [0.29, 0.717) is 0 Å². The van der Waals surface area contributed by atoms with Crippen molar-refractivity contribution in [2.75, 3.05) is 12.8 Å². The fourth-order valence-corrected chi connectivity index (χ4v) is 5.01. The second kappa shape index (κ2) is 10.4. The van der Waals surface area contributed by atoms with Crippen molar-refractivity contribution in [3.05, 3.63) is 53.1 Å². The van der Waals surface area contributed by atoms with Gasteiger partial charge in [-0.25, -0.2) is 9.36 Å². The van der Waals surface area contributed by atoms with E-state index in [-0.39, 0.29) is 18.0 Å². The maximum atomic E-state index is 13.5. The smallest absolute Gasteiger partial charge is 0.459 e. The van der Waals surface area contributed by atoms with E-state index in [1.807, 2.05) is 0 Å². The number of nitrogens with one attached hydrogen (secondary N) is 1. The lowest BCUT2D eigenvalue weighted by Gasteiger charge is -2.27. The van der Waals surface area contributed by atoms with E-state index in [0.717, 1.165) is 4.57 Å². The van der Waals surface area contributed by atoms with Crippen LogP contribution in [0.3, 0.4) is 0 Å². The Kier molecular flexibility index (Phi) is 7.88. The van der Waals surface area contributed by atoms with E-state index in [4.69, 9.17) is 19.5 Å². The molecule has 1 aromatic carbocycles. The minimum Gasteiger partial charge on any atom is -0.468 e. The van der Waals surface area contributed by atoms with Crippen molar-refractivity contribution in [1.82, 2.24) is 14.6 Å². The number of carbonyl (C=O) groups excluding carboxylic acids is 1. The number of aliphatic hydroxyl groups excluding tert-OH is 1. The Balaban J connectivity index is 1.77. The van der Waals surface area contributed by atoms with E-state index < -0.39 is 50.0 Å². The molecular formula is C20H27N4O8P. The average Bonchev–Trinajstić information content (AvgIpc) is 3.15. The summed E-state index contributed by atoms with van der Waals surface area (Å²) in [6.07, 6.45) is -2.25. The number of aromatic nitrogens is 2. The number of benzene rings is 1. The van der Waals surface area contributed by atoms with Gasteiger partial charge in [0, 0.05) is 12.6 Å². The molecule has 0 saturated carbocycles. The van der Waals surface area contributed by atoms with Crippen LogP contribution in [0.15, 0.2) is 47.4 Å². The second-order valence-electron chi connectivity index (χ2n) is 7.50. The third-order valence-corrected chi connectivity index (χ3v) is 6.71. The van der Waals surface area contributed by atoms with Crippen LogP contribution in [0.25, 0.3) is 0 Å². The summed E-state index contributed by atoms with van der Waals surface area (Å²) in [5.74, 6) is -0.366. The number of nitrogens with zero attached hydrogens (tertiary/aromatic N) is 2. The number of aliphatic hydroxyl groups is 1. The molecule has 33 heavy (non-hydrogen) atoms. The minimum atomic E-state index is -4.11. The van der Waals surface area contributed by atoms with Gasteiger partial charge in [0.05, 0.1) is 19.3 Å².